The Labute approximate surface area is 579 Å². The van der Waals surface area contributed by atoms with E-state index in [-0.39, 0.29) is 218 Å². The molecule has 0 spiro atoms. The fraction of sp³-hybridized carbons (Fsp3) is 0.833. The average Bonchev–Trinajstić information content (AvgIpc) is 3.24. The second-order valence-corrected chi connectivity index (χ2v) is 17.4. The van der Waals surface area contributed by atoms with Crippen molar-refractivity contribution >= 4 is 47.5 Å². The summed E-state index contributed by atoms with van der Waals surface area (Å²) in [6.07, 6.45) is 24.9. The summed E-state index contributed by atoms with van der Waals surface area (Å²) in [5, 5.41) is 47.2. The summed E-state index contributed by atoms with van der Waals surface area (Å²) in [5.41, 5.74) is 0. The molecule has 370 valence electrons. The topological polar surface area (TPSA) is 242 Å². The number of carbonyl (C=O) groups is 8. The van der Waals surface area contributed by atoms with Crippen molar-refractivity contribution in [1.82, 2.24) is 19.6 Å². The van der Waals surface area contributed by atoms with E-state index in [2.05, 4.69) is 13.8 Å². The Bertz CT molecular complexity index is 1280. The first-order chi connectivity index (χ1) is 30.6. The van der Waals surface area contributed by atoms with Crippen molar-refractivity contribution in [2.24, 2.45) is 0 Å². The first-order valence-electron chi connectivity index (χ1n) is 24.4. The number of carboxylic acid groups (broad SMARTS) is 4. The minimum Gasteiger partial charge on any atom is -0.548 e. The van der Waals surface area contributed by atoms with Gasteiger partial charge in [-0.2, -0.15) is 0 Å². The van der Waals surface area contributed by atoms with Crippen molar-refractivity contribution < 1.29 is 264 Å². The number of carbonyl (C=O) groups excluding carboxylic acids is 8. The van der Waals surface area contributed by atoms with Gasteiger partial charge < -0.3 is 59.2 Å². The van der Waals surface area contributed by atoms with Gasteiger partial charge in [-0.1, -0.05) is 155 Å². The largest absolute Gasteiger partial charge is 1.00 e. The minimum absolute atomic E-state index is 0. The SMILES string of the molecule is CCCCCCCCCCCCCCC(=O)N(C)C(CCC(=O)N(CCN(CC(=O)[O-])C(=O)CCC(C(=O)[O-])N(C)C(=O)CCCCCCCCCCCCCC)CC(=O)[O-])C(=O)[O-].[K+].[K+].[K+].[K+]. The quantitative estimate of drug-likeness (QED) is 0.0409. The monoisotopic (exact) mass is 1060 g/mol. The average molecular weight is 1060 g/mol. The molecule has 2 atom stereocenters. The second kappa shape index (κ2) is 52.7. The molecule has 0 aromatic carbocycles. The molecule has 2 unspecified atom stereocenters. The second-order valence-electron chi connectivity index (χ2n) is 17.4. The molecule has 20 heteroatoms. The van der Waals surface area contributed by atoms with Crippen molar-refractivity contribution in [1.29, 1.82) is 0 Å². The van der Waals surface area contributed by atoms with Crippen LogP contribution >= 0.6 is 0 Å². The summed E-state index contributed by atoms with van der Waals surface area (Å²) in [6.45, 7) is 1.46. The maximum atomic E-state index is 13.2. The molecule has 68 heavy (non-hydrogen) atoms. The zero-order chi connectivity index (χ0) is 48.1. The van der Waals surface area contributed by atoms with E-state index in [0.29, 0.717) is 12.8 Å². The maximum absolute atomic E-state index is 13.2. The van der Waals surface area contributed by atoms with E-state index >= 15 is 0 Å². The normalized spacial score (nSPS) is 11.3. The molecule has 4 amide bonds. The number of rotatable bonds is 43. The Kier molecular flexibility index (Phi) is 61.4. The van der Waals surface area contributed by atoms with Crippen LogP contribution in [0.5, 0.6) is 0 Å². The van der Waals surface area contributed by atoms with E-state index in [1.54, 1.807) is 0 Å². The van der Waals surface area contributed by atoms with Crippen LogP contribution in [0, 0.1) is 0 Å². The van der Waals surface area contributed by atoms with Crippen LogP contribution in [0.25, 0.3) is 0 Å². The van der Waals surface area contributed by atoms with E-state index in [4.69, 9.17) is 0 Å². The molecular formula is C48H82K4N4O12. The molecule has 16 nitrogen and oxygen atoms in total. The minimum atomic E-state index is -1.68. The zero-order valence-corrected chi connectivity index (χ0v) is 56.4. The smallest absolute Gasteiger partial charge is 0.548 e. The van der Waals surface area contributed by atoms with E-state index in [1.807, 2.05) is 0 Å². The molecule has 0 aromatic heterocycles. The third kappa shape index (κ3) is 42.5. The first kappa shape index (κ1) is 79.2. The predicted octanol–water partition coefficient (Wildman–Crippen LogP) is -8.94. The number of hydrogen-bond acceptors (Lipinski definition) is 12. The Balaban J connectivity index is -0.00000331. The van der Waals surface area contributed by atoms with Crippen molar-refractivity contribution in [3.63, 3.8) is 0 Å². The molecule has 0 N–H and O–H groups in total. The number of aliphatic carboxylic acids is 4. The molecular weight excluding hydrogens is 981 g/mol. The van der Waals surface area contributed by atoms with E-state index in [0.717, 1.165) is 71.0 Å². The molecule has 0 radical (unpaired) electrons. The van der Waals surface area contributed by atoms with Gasteiger partial charge in [-0.05, 0) is 25.7 Å². The third-order valence-corrected chi connectivity index (χ3v) is 12.0. The molecule has 0 rings (SSSR count). The molecule has 0 saturated carbocycles. The van der Waals surface area contributed by atoms with Crippen LogP contribution in [0.15, 0.2) is 0 Å². The third-order valence-electron chi connectivity index (χ3n) is 12.0. The van der Waals surface area contributed by atoms with Gasteiger partial charge in [0.1, 0.15) is 0 Å². The molecule has 0 aromatic rings. The first-order valence-corrected chi connectivity index (χ1v) is 24.4. The van der Waals surface area contributed by atoms with E-state index in [1.165, 1.54) is 104 Å². The predicted molar refractivity (Wildman–Crippen MR) is 236 cm³/mol. The van der Waals surface area contributed by atoms with Gasteiger partial charge in [-0.3, -0.25) is 19.2 Å². The summed E-state index contributed by atoms with van der Waals surface area (Å²) in [4.78, 5) is 103. The molecule has 0 aliphatic heterocycles. The number of amides is 4. The molecule has 0 fully saturated rings. The van der Waals surface area contributed by atoms with Crippen LogP contribution in [0.2, 0.25) is 0 Å². The van der Waals surface area contributed by atoms with Gasteiger partial charge in [0.15, 0.2) is 0 Å². The van der Waals surface area contributed by atoms with Crippen LogP contribution in [0.1, 0.15) is 206 Å². The standard InChI is InChI=1S/C48H86N4O12.4K/c1-5-7-9-11-13-15-17-19-21-23-25-27-29-41(53)49(3)39(47(61)62)31-33-43(55)51(37-45(57)58)35-36-52(38-46(59)60)44(56)34-32-40(48(63)64)50(4)42(54)30-28-26-24-22-20-18-16-14-12-10-8-6-2;;;;/h39-40H,5-38H2,1-4H3,(H,57,58)(H,59,60)(H,61,62)(H,63,64);;;;/q;4*+1/p-4. The van der Waals surface area contributed by atoms with Gasteiger partial charge in [0.05, 0.1) is 49.1 Å². The number of nitrogens with zero attached hydrogens (tertiary/aromatic N) is 4. The number of unbranched alkanes of at least 4 members (excludes halogenated alkanes) is 22. The van der Waals surface area contributed by atoms with Gasteiger partial charge in [-0.25, -0.2) is 0 Å². The van der Waals surface area contributed by atoms with Crippen LogP contribution in [0.4, 0.5) is 0 Å². The summed E-state index contributed by atoms with van der Waals surface area (Å²) >= 11 is 0. The van der Waals surface area contributed by atoms with Gasteiger partial charge in [0, 0.05) is 52.9 Å². The van der Waals surface area contributed by atoms with E-state index in [9.17, 15) is 58.8 Å². The summed E-state index contributed by atoms with van der Waals surface area (Å²) < 4.78 is 0. The van der Waals surface area contributed by atoms with Crippen LogP contribution in [-0.4, -0.2) is 119 Å². The van der Waals surface area contributed by atoms with Gasteiger partial charge in [0.2, 0.25) is 23.6 Å². The number of likely N-dealkylation sites (N-methyl/N-ethyl adjacent to an activating group) is 2. The molecule has 0 bridgehead atoms. The zero-order valence-electron chi connectivity index (χ0n) is 43.9. The van der Waals surface area contributed by atoms with Gasteiger partial charge in [0.25, 0.3) is 0 Å². The molecule has 0 aliphatic rings. The summed E-state index contributed by atoms with van der Waals surface area (Å²) in [7, 11) is 2.60. The maximum Gasteiger partial charge on any atom is 1.00 e. The fourth-order valence-electron chi connectivity index (χ4n) is 7.85. The van der Waals surface area contributed by atoms with Crippen molar-refractivity contribution in [2.75, 3.05) is 40.3 Å². The molecule has 0 saturated heterocycles. The van der Waals surface area contributed by atoms with Gasteiger partial charge >= 0.3 is 206 Å². The molecule has 0 aliphatic carbocycles. The van der Waals surface area contributed by atoms with Crippen LogP contribution in [0.3, 0.4) is 0 Å². The summed E-state index contributed by atoms with van der Waals surface area (Å²) in [5.74, 6) is -9.13. The Hall–Kier alpha value is 2.31. The van der Waals surface area contributed by atoms with Gasteiger partial charge in [-0.15, -0.1) is 0 Å². The Morgan fingerprint density at radius 2 is 0.588 bits per heavy atom. The van der Waals surface area contributed by atoms with Crippen molar-refractivity contribution in [3.8, 4) is 0 Å². The summed E-state index contributed by atoms with van der Waals surface area (Å²) in [6, 6.07) is -2.97. The number of hydrogen-bond donors (Lipinski definition) is 0. The van der Waals surface area contributed by atoms with Crippen molar-refractivity contribution in [3.05, 3.63) is 0 Å². The van der Waals surface area contributed by atoms with Crippen LogP contribution in [-0.2, 0) is 38.4 Å². The molecule has 0 heterocycles. The Morgan fingerprint density at radius 3 is 0.809 bits per heavy atom. The van der Waals surface area contributed by atoms with E-state index < -0.39 is 111 Å². The number of carboxylic acids is 4. The fourth-order valence-corrected chi connectivity index (χ4v) is 7.85. The van der Waals surface area contributed by atoms with Crippen LogP contribution < -0.4 is 226 Å². The van der Waals surface area contributed by atoms with Crippen molar-refractivity contribution in [2.45, 2.75) is 219 Å². The Morgan fingerprint density at radius 1 is 0.353 bits per heavy atom.